The van der Waals surface area contributed by atoms with E-state index in [9.17, 15) is 4.79 Å². The number of carboxylic acid groups (broad SMARTS) is 1. The first kappa shape index (κ1) is 15.1. The highest BCUT2D eigenvalue weighted by Crippen LogP contribution is 2.19. The molecule has 0 bridgehead atoms. The third-order valence-corrected chi connectivity index (χ3v) is 3.61. The van der Waals surface area contributed by atoms with Gasteiger partial charge in [0.15, 0.2) is 0 Å². The van der Waals surface area contributed by atoms with Gasteiger partial charge in [-0.2, -0.15) is 0 Å². The summed E-state index contributed by atoms with van der Waals surface area (Å²) in [5.74, 6) is -0.374. The molecule has 0 aliphatic carbocycles. The van der Waals surface area contributed by atoms with E-state index in [0.29, 0.717) is 18.0 Å². The van der Waals surface area contributed by atoms with Crippen molar-refractivity contribution in [1.82, 2.24) is 0 Å². The number of aryl methyl sites for hydroxylation is 1. The zero-order chi connectivity index (χ0) is 15.4. The molecule has 0 aliphatic rings. The Morgan fingerprint density at radius 3 is 2.38 bits per heavy atom. The zero-order valence-electron chi connectivity index (χ0n) is 12.7. The minimum absolute atomic E-state index is 0.304. The Balaban J connectivity index is 2.09. The van der Waals surface area contributed by atoms with E-state index in [2.05, 4.69) is 43.4 Å². The van der Waals surface area contributed by atoms with E-state index in [1.54, 1.807) is 12.1 Å². The first-order valence-electron chi connectivity index (χ1n) is 7.14. The number of carbonyl (C=O) groups is 1. The van der Waals surface area contributed by atoms with Crippen molar-refractivity contribution in [3.63, 3.8) is 0 Å². The van der Waals surface area contributed by atoms with Crippen molar-refractivity contribution in [2.75, 3.05) is 5.32 Å². The average molecular weight is 283 g/mol. The molecule has 2 aromatic carbocycles. The summed E-state index contributed by atoms with van der Waals surface area (Å²) in [5, 5.41) is 12.3. The summed E-state index contributed by atoms with van der Waals surface area (Å²) in [7, 11) is 0. The van der Waals surface area contributed by atoms with Crippen LogP contribution >= 0.6 is 0 Å². The van der Waals surface area contributed by atoms with Crippen molar-refractivity contribution in [2.24, 2.45) is 0 Å². The SMILES string of the molecule is Cc1ccc(C(=O)O)cc1NCc1ccc(C(C)C)cc1. The summed E-state index contributed by atoms with van der Waals surface area (Å²) < 4.78 is 0. The second-order valence-electron chi connectivity index (χ2n) is 5.58. The summed E-state index contributed by atoms with van der Waals surface area (Å²) in [6.45, 7) is 7.00. The van der Waals surface area contributed by atoms with Gasteiger partial charge in [-0.05, 0) is 41.7 Å². The van der Waals surface area contributed by atoms with Crippen molar-refractivity contribution in [3.05, 3.63) is 64.7 Å². The van der Waals surface area contributed by atoms with E-state index in [1.165, 1.54) is 11.1 Å². The van der Waals surface area contributed by atoms with Gasteiger partial charge in [0.1, 0.15) is 0 Å². The van der Waals surface area contributed by atoms with Gasteiger partial charge in [0.25, 0.3) is 0 Å². The van der Waals surface area contributed by atoms with Crippen molar-refractivity contribution >= 4 is 11.7 Å². The number of benzene rings is 2. The van der Waals surface area contributed by atoms with Crippen LogP contribution in [0.4, 0.5) is 5.69 Å². The maximum atomic E-state index is 11.0. The van der Waals surface area contributed by atoms with Gasteiger partial charge in [0, 0.05) is 12.2 Å². The molecule has 0 saturated carbocycles. The molecule has 0 atom stereocenters. The monoisotopic (exact) mass is 283 g/mol. The van der Waals surface area contributed by atoms with Crippen LogP contribution in [0.3, 0.4) is 0 Å². The van der Waals surface area contributed by atoms with Gasteiger partial charge in [-0.1, -0.05) is 44.2 Å². The maximum absolute atomic E-state index is 11.0. The molecule has 2 N–H and O–H groups in total. The number of anilines is 1. The molecule has 0 amide bonds. The predicted octanol–water partition coefficient (Wildman–Crippen LogP) is 4.43. The lowest BCUT2D eigenvalue weighted by atomic mass is 10.0. The third kappa shape index (κ3) is 3.85. The highest BCUT2D eigenvalue weighted by Gasteiger charge is 2.06. The lowest BCUT2D eigenvalue weighted by Crippen LogP contribution is -2.04. The van der Waals surface area contributed by atoms with Crippen molar-refractivity contribution in [2.45, 2.75) is 33.2 Å². The predicted molar refractivity (Wildman–Crippen MR) is 86.0 cm³/mol. The average Bonchev–Trinajstić information content (AvgIpc) is 2.46. The van der Waals surface area contributed by atoms with E-state index in [1.807, 2.05) is 13.0 Å². The third-order valence-electron chi connectivity index (χ3n) is 3.61. The number of hydrogen-bond acceptors (Lipinski definition) is 2. The maximum Gasteiger partial charge on any atom is 0.335 e. The molecular weight excluding hydrogens is 262 g/mol. The second kappa shape index (κ2) is 6.44. The Bertz CT molecular complexity index is 630. The molecule has 3 heteroatoms. The van der Waals surface area contributed by atoms with Gasteiger partial charge in [-0.15, -0.1) is 0 Å². The summed E-state index contributed by atoms with van der Waals surface area (Å²) in [6.07, 6.45) is 0. The van der Waals surface area contributed by atoms with Crippen LogP contribution in [-0.2, 0) is 6.54 Å². The van der Waals surface area contributed by atoms with Crippen LogP contribution in [0.15, 0.2) is 42.5 Å². The first-order valence-corrected chi connectivity index (χ1v) is 7.14. The normalized spacial score (nSPS) is 10.7. The summed E-state index contributed by atoms with van der Waals surface area (Å²) in [4.78, 5) is 11.0. The molecule has 3 nitrogen and oxygen atoms in total. The van der Waals surface area contributed by atoms with E-state index in [0.717, 1.165) is 11.3 Å². The van der Waals surface area contributed by atoms with E-state index >= 15 is 0 Å². The lowest BCUT2D eigenvalue weighted by molar-refractivity contribution is 0.0697. The van der Waals surface area contributed by atoms with Gasteiger partial charge in [0.2, 0.25) is 0 Å². The van der Waals surface area contributed by atoms with Gasteiger partial charge in [-0.25, -0.2) is 4.79 Å². The van der Waals surface area contributed by atoms with E-state index < -0.39 is 5.97 Å². The Morgan fingerprint density at radius 1 is 1.14 bits per heavy atom. The van der Waals surface area contributed by atoms with Crippen molar-refractivity contribution in [1.29, 1.82) is 0 Å². The van der Waals surface area contributed by atoms with Crippen LogP contribution in [0.5, 0.6) is 0 Å². The Morgan fingerprint density at radius 2 is 1.81 bits per heavy atom. The molecule has 2 rings (SSSR count). The minimum atomic E-state index is -0.903. The molecular formula is C18H21NO2. The topological polar surface area (TPSA) is 49.3 Å². The molecule has 0 radical (unpaired) electrons. The highest BCUT2D eigenvalue weighted by molar-refractivity contribution is 5.89. The first-order chi connectivity index (χ1) is 9.97. The number of rotatable bonds is 5. The van der Waals surface area contributed by atoms with Gasteiger partial charge >= 0.3 is 5.97 Å². The molecule has 0 saturated heterocycles. The molecule has 0 spiro atoms. The fourth-order valence-electron chi connectivity index (χ4n) is 2.16. The molecule has 2 aromatic rings. The number of nitrogens with one attached hydrogen (secondary N) is 1. The molecule has 0 heterocycles. The van der Waals surface area contributed by atoms with Gasteiger partial charge < -0.3 is 10.4 Å². The highest BCUT2D eigenvalue weighted by atomic mass is 16.4. The number of hydrogen-bond donors (Lipinski definition) is 2. The largest absolute Gasteiger partial charge is 0.478 e. The number of aromatic carboxylic acids is 1. The Hall–Kier alpha value is -2.29. The summed E-state index contributed by atoms with van der Waals surface area (Å²) in [6, 6.07) is 13.6. The lowest BCUT2D eigenvalue weighted by Gasteiger charge is -2.11. The molecule has 0 unspecified atom stereocenters. The van der Waals surface area contributed by atoms with Crippen molar-refractivity contribution < 1.29 is 9.90 Å². The quantitative estimate of drug-likeness (QED) is 0.853. The molecule has 0 fully saturated rings. The van der Waals surface area contributed by atoms with Gasteiger partial charge in [0.05, 0.1) is 5.56 Å². The van der Waals surface area contributed by atoms with Crippen LogP contribution < -0.4 is 5.32 Å². The Labute approximate surface area is 125 Å². The van der Waals surface area contributed by atoms with Crippen LogP contribution in [0.1, 0.15) is 46.8 Å². The molecule has 0 aromatic heterocycles. The van der Waals surface area contributed by atoms with Crippen LogP contribution in [0.25, 0.3) is 0 Å². The van der Waals surface area contributed by atoms with Crippen molar-refractivity contribution in [3.8, 4) is 0 Å². The summed E-state index contributed by atoms with van der Waals surface area (Å²) in [5.41, 5.74) is 4.71. The number of carboxylic acids is 1. The van der Waals surface area contributed by atoms with Crippen LogP contribution in [-0.4, -0.2) is 11.1 Å². The Kier molecular flexibility index (Phi) is 4.63. The molecule has 0 aliphatic heterocycles. The van der Waals surface area contributed by atoms with Crippen LogP contribution in [0.2, 0.25) is 0 Å². The van der Waals surface area contributed by atoms with Gasteiger partial charge in [-0.3, -0.25) is 0 Å². The summed E-state index contributed by atoms with van der Waals surface area (Å²) >= 11 is 0. The standard InChI is InChI=1S/C18H21NO2/c1-12(2)15-8-5-14(6-9-15)11-19-17-10-16(18(20)21)7-4-13(17)3/h4-10,12,19H,11H2,1-3H3,(H,20,21). The fourth-order valence-corrected chi connectivity index (χ4v) is 2.16. The van der Waals surface area contributed by atoms with E-state index in [4.69, 9.17) is 5.11 Å². The van der Waals surface area contributed by atoms with Crippen LogP contribution in [0, 0.1) is 6.92 Å². The minimum Gasteiger partial charge on any atom is -0.478 e. The fraction of sp³-hybridized carbons (Fsp3) is 0.278. The van der Waals surface area contributed by atoms with E-state index in [-0.39, 0.29) is 0 Å². The smallest absolute Gasteiger partial charge is 0.335 e. The molecule has 110 valence electrons. The second-order valence-corrected chi connectivity index (χ2v) is 5.58. The zero-order valence-corrected chi connectivity index (χ0v) is 12.7. The molecule has 21 heavy (non-hydrogen) atoms.